The molecule has 0 heterocycles. The van der Waals surface area contributed by atoms with Crippen LogP contribution in [0.2, 0.25) is 0 Å². The molecule has 6 heteroatoms. The predicted octanol–water partition coefficient (Wildman–Crippen LogP) is 40.0. The first-order valence-corrected chi connectivity index (χ1v) is 51.7. The molecule has 19 aromatic carbocycles. The lowest BCUT2D eigenvalue weighted by Crippen LogP contribution is -2.30. The van der Waals surface area contributed by atoms with Crippen molar-refractivity contribution in [2.45, 2.75) is 140 Å². The van der Waals surface area contributed by atoms with E-state index >= 15 is 0 Å². The zero-order valence-corrected chi connectivity index (χ0v) is 87.1. The number of hydrogen-bond acceptors (Lipinski definition) is 6. The third-order valence-electron chi connectivity index (χ3n) is 28.5. The number of para-hydroxylation sites is 2. The van der Waals surface area contributed by atoms with Gasteiger partial charge in [-0.25, -0.2) is 0 Å². The van der Waals surface area contributed by atoms with Crippen LogP contribution in [0.4, 0.5) is 102 Å². The summed E-state index contributed by atoms with van der Waals surface area (Å²) in [4.78, 5) is 14.1. The second kappa shape index (κ2) is 46.2. The highest BCUT2D eigenvalue weighted by atomic mass is 15.2. The van der Waals surface area contributed by atoms with E-state index in [1.807, 2.05) is 0 Å². The molecule has 0 amide bonds. The standard InChI is InChI=1S/C50H44N2.C46H46N2.C44H44N2/c1-37-14-11-22-47(32-37)51(45-18-7-5-8-19-45)49-30-28-43(39(3)34-49)26-24-41-16-13-17-42(36-41)25-27-44-29-31-50(35-40(44)4)52(46-20-9-6-10-21-46)48-23-12-15-38(2)33-48;1-34-8-20-40(21-9-34)47(41-22-10-35(2)11-23-41)44-28-16-38(17-29-44)46(32-6-5-7-33-46)39-18-30-45(31-19-39)48(42-24-12-36(3)13-25-42)43-26-14-37(4)15-27-43;1-31(2)44(36-15-27-42(28-16-36)45(38-19-7-32(3)8-20-38)39-21-9-33(4)10-22-39)37-17-29-43(30-18-37)46(40-23-11-34(5)12-24-40)41-25-13-35(6)14-26-41/h5-36H,1-4H3;8-31H,5-7,32-33H2,1-4H3;7-31,44H,1-6H3. The number of nitrogens with zero attached hydrogens (tertiary/aromatic N) is 6. The van der Waals surface area contributed by atoms with Crippen LogP contribution in [0.25, 0.3) is 24.3 Å². The van der Waals surface area contributed by atoms with Crippen molar-refractivity contribution in [2.75, 3.05) is 29.4 Å². The zero-order valence-electron chi connectivity index (χ0n) is 87.1. The van der Waals surface area contributed by atoms with Crippen molar-refractivity contribution in [3.8, 4) is 0 Å². The van der Waals surface area contributed by atoms with E-state index in [1.54, 1.807) is 0 Å². The summed E-state index contributed by atoms with van der Waals surface area (Å²) in [5, 5.41) is 0. The fraction of sp³-hybridized carbons (Fsp3) is 0.157. The molecule has 0 bridgehead atoms. The van der Waals surface area contributed by atoms with Crippen molar-refractivity contribution in [1.82, 2.24) is 0 Å². The molecule has 6 nitrogen and oxygen atoms in total. The Morgan fingerprint density at radius 3 is 0.658 bits per heavy atom. The van der Waals surface area contributed by atoms with Gasteiger partial charge in [0.25, 0.3) is 0 Å². The van der Waals surface area contributed by atoms with Gasteiger partial charge in [0.05, 0.1) is 0 Å². The minimum absolute atomic E-state index is 0.00636. The number of aryl methyl sites for hydroxylation is 12. The second-order valence-electron chi connectivity index (χ2n) is 40.1. The maximum Gasteiger partial charge on any atom is 0.0464 e. The van der Waals surface area contributed by atoms with E-state index in [2.05, 4.69) is 612 Å². The summed E-state index contributed by atoms with van der Waals surface area (Å²) in [5.74, 6) is 0.717. The van der Waals surface area contributed by atoms with E-state index in [-0.39, 0.29) is 11.3 Å². The van der Waals surface area contributed by atoms with Gasteiger partial charge < -0.3 is 29.4 Å². The van der Waals surface area contributed by atoms with Gasteiger partial charge in [0.1, 0.15) is 0 Å². The van der Waals surface area contributed by atoms with Gasteiger partial charge in [-0.1, -0.05) is 339 Å². The van der Waals surface area contributed by atoms with Crippen molar-refractivity contribution in [3.05, 3.63) is 572 Å². The Kier molecular flexibility index (Phi) is 31.5. The van der Waals surface area contributed by atoms with Gasteiger partial charge in [0.15, 0.2) is 0 Å². The molecule has 0 aromatic heterocycles. The Labute approximate surface area is 868 Å². The first kappa shape index (κ1) is 99.6. The van der Waals surface area contributed by atoms with Gasteiger partial charge in [0.2, 0.25) is 0 Å². The molecule has 0 spiro atoms. The van der Waals surface area contributed by atoms with Crippen LogP contribution in [-0.2, 0) is 5.41 Å². The Hall–Kier alpha value is -16.5. The molecule has 0 aliphatic heterocycles. The van der Waals surface area contributed by atoms with Crippen LogP contribution in [0, 0.1) is 89.0 Å². The maximum atomic E-state index is 2.40. The minimum Gasteiger partial charge on any atom is -0.311 e. The topological polar surface area (TPSA) is 19.4 Å². The number of rotatable bonds is 27. The normalized spacial score (nSPS) is 12.2. The van der Waals surface area contributed by atoms with Gasteiger partial charge in [-0.2, -0.15) is 0 Å². The molecule has 1 aliphatic rings. The molecule has 0 atom stereocenters. The molecule has 0 unspecified atom stereocenters. The van der Waals surface area contributed by atoms with Crippen molar-refractivity contribution < 1.29 is 0 Å². The molecule has 1 fully saturated rings. The molecule has 1 aliphatic carbocycles. The van der Waals surface area contributed by atoms with Crippen LogP contribution in [-0.4, -0.2) is 0 Å². The highest BCUT2D eigenvalue weighted by molar-refractivity contribution is 5.86. The first-order valence-electron chi connectivity index (χ1n) is 51.7. The average Bonchev–Trinajstić information content (AvgIpc) is 0.757. The van der Waals surface area contributed by atoms with Crippen LogP contribution < -0.4 is 29.4 Å². The third-order valence-corrected chi connectivity index (χ3v) is 28.5. The maximum absolute atomic E-state index is 2.40. The third kappa shape index (κ3) is 24.0. The number of benzene rings is 19. The van der Waals surface area contributed by atoms with E-state index in [9.17, 15) is 0 Å². The summed E-state index contributed by atoms with van der Waals surface area (Å²) in [6.07, 6.45) is 15.0. The quantitative estimate of drug-likeness (QED) is 0.0475. The van der Waals surface area contributed by atoms with Gasteiger partial charge in [-0.05, 0) is 393 Å². The Morgan fingerprint density at radius 2 is 0.404 bits per heavy atom. The first-order chi connectivity index (χ1) is 71.1. The highest BCUT2D eigenvalue weighted by Gasteiger charge is 2.37. The summed E-state index contributed by atoms with van der Waals surface area (Å²) in [6.45, 7) is 30.4. The van der Waals surface area contributed by atoms with E-state index in [0.29, 0.717) is 5.92 Å². The lowest BCUT2D eigenvalue weighted by atomic mass is 9.65. The molecule has 0 radical (unpaired) electrons. The Morgan fingerprint density at radius 1 is 0.185 bits per heavy atom. The lowest BCUT2D eigenvalue weighted by molar-refractivity contribution is 0.346. The lowest BCUT2D eigenvalue weighted by Gasteiger charge is -2.39. The average molecular weight is 1900 g/mol. The molecular formula is C140H134N6. The summed E-state index contributed by atoms with van der Waals surface area (Å²) in [7, 11) is 0. The molecule has 20 rings (SSSR count). The molecular weight excluding hydrogens is 1770 g/mol. The van der Waals surface area contributed by atoms with E-state index in [0.717, 1.165) is 68.2 Å². The van der Waals surface area contributed by atoms with Gasteiger partial charge in [-0.3, -0.25) is 0 Å². The van der Waals surface area contributed by atoms with Gasteiger partial charge in [0, 0.05) is 114 Å². The highest BCUT2D eigenvalue weighted by Crippen LogP contribution is 2.50. The van der Waals surface area contributed by atoms with Crippen LogP contribution in [0.1, 0.15) is 163 Å². The molecule has 724 valence electrons. The fourth-order valence-electron chi connectivity index (χ4n) is 20.4. The van der Waals surface area contributed by atoms with E-state index in [1.165, 1.54) is 177 Å². The van der Waals surface area contributed by atoms with Crippen LogP contribution in [0.5, 0.6) is 0 Å². The van der Waals surface area contributed by atoms with Gasteiger partial charge in [-0.15, -0.1) is 0 Å². The summed E-state index contributed by atoms with van der Waals surface area (Å²) >= 11 is 0. The second-order valence-corrected chi connectivity index (χ2v) is 40.1. The van der Waals surface area contributed by atoms with E-state index in [4.69, 9.17) is 0 Å². The monoisotopic (exact) mass is 1900 g/mol. The van der Waals surface area contributed by atoms with E-state index < -0.39 is 0 Å². The smallest absolute Gasteiger partial charge is 0.0464 e. The Balaban J connectivity index is 0.000000144. The van der Waals surface area contributed by atoms with Crippen LogP contribution >= 0.6 is 0 Å². The van der Waals surface area contributed by atoms with Crippen molar-refractivity contribution in [1.29, 1.82) is 0 Å². The summed E-state index contributed by atoms with van der Waals surface area (Å²) in [6, 6.07) is 168. The molecule has 19 aromatic rings. The molecule has 1 saturated carbocycles. The number of hydrogen-bond donors (Lipinski definition) is 0. The SMILES string of the molecule is Cc1ccc(N(c2ccc(C)cc2)c2ccc(C(c3ccc(N(c4ccc(C)cc4)c4ccc(C)cc4)cc3)C(C)C)cc2)cc1.Cc1ccc(N(c2ccc(C)cc2)c2ccc(C3(c4ccc(N(c5ccc(C)cc5)c5ccc(C)cc5)cc4)CCCCC3)cc2)cc1.Cc1cccc(N(c2ccccc2)c2ccc(C=Cc3cccc(C=Cc4ccc(N(c5ccccc5)c5cccc(C)c5)cc4C)c3)c(C)c2)c1. The summed E-state index contributed by atoms with van der Waals surface area (Å²) in [5.41, 5.74) is 46.1. The predicted molar refractivity (Wildman–Crippen MR) is 628 cm³/mol. The molecule has 0 saturated heterocycles. The minimum atomic E-state index is 0.00636. The largest absolute Gasteiger partial charge is 0.311 e. The zero-order chi connectivity index (χ0) is 101. The van der Waals surface area contributed by atoms with Crippen LogP contribution in [0.3, 0.4) is 0 Å². The summed E-state index contributed by atoms with van der Waals surface area (Å²) < 4.78 is 0. The van der Waals surface area contributed by atoms with Gasteiger partial charge >= 0.3 is 0 Å². The van der Waals surface area contributed by atoms with Crippen molar-refractivity contribution in [2.24, 2.45) is 5.92 Å². The van der Waals surface area contributed by atoms with Crippen molar-refractivity contribution >= 4 is 127 Å². The van der Waals surface area contributed by atoms with Crippen molar-refractivity contribution in [3.63, 3.8) is 0 Å². The molecule has 0 N–H and O–H groups in total. The van der Waals surface area contributed by atoms with Crippen LogP contribution in [0.15, 0.2) is 461 Å². The number of anilines is 18. The molecule has 146 heavy (non-hydrogen) atoms. The fourth-order valence-corrected chi connectivity index (χ4v) is 20.4. The Bertz CT molecular complexity index is 6950.